The largest absolute Gasteiger partial charge is 0.345 e. The lowest BCUT2D eigenvalue weighted by Crippen LogP contribution is -1.93. The van der Waals surface area contributed by atoms with E-state index in [2.05, 4.69) is 45.0 Å². The maximum atomic E-state index is 4.73. The molecule has 100 valence electrons. The van der Waals surface area contributed by atoms with Gasteiger partial charge >= 0.3 is 0 Å². The van der Waals surface area contributed by atoms with Gasteiger partial charge in [-0.1, -0.05) is 12.1 Å². The van der Waals surface area contributed by atoms with Crippen molar-refractivity contribution in [2.45, 2.75) is 26.3 Å². The molecule has 0 bridgehead atoms. The molecule has 4 heteroatoms. The molecule has 0 fully saturated rings. The van der Waals surface area contributed by atoms with Gasteiger partial charge in [-0.2, -0.15) is 5.10 Å². The van der Waals surface area contributed by atoms with Crippen LogP contribution in [0.15, 0.2) is 30.6 Å². The Balaban J connectivity index is 1.95. The number of nitrogens with zero attached hydrogens (tertiary/aromatic N) is 3. The Morgan fingerprint density at radius 2 is 2.30 bits per heavy atom. The van der Waals surface area contributed by atoms with Crippen LogP contribution in [-0.2, 0) is 13.0 Å². The Morgan fingerprint density at radius 3 is 3.20 bits per heavy atom. The zero-order chi connectivity index (χ0) is 13.5. The smallest absolute Gasteiger partial charge is 0.0931 e. The Morgan fingerprint density at radius 1 is 1.35 bits per heavy atom. The monoisotopic (exact) mass is 264 g/mol. The maximum absolute atomic E-state index is 4.73. The second-order valence-electron chi connectivity index (χ2n) is 5.17. The lowest BCUT2D eigenvalue weighted by atomic mass is 10.0. The lowest BCUT2D eigenvalue weighted by molar-refractivity contribution is 0.655. The fourth-order valence-corrected chi connectivity index (χ4v) is 3.03. The van der Waals surface area contributed by atoms with Gasteiger partial charge in [0, 0.05) is 17.8 Å². The average Bonchev–Trinajstić information content (AvgIpc) is 3.12. The number of hydrogen-bond acceptors (Lipinski definition) is 2. The maximum Gasteiger partial charge on any atom is 0.0931 e. The first-order valence-electron chi connectivity index (χ1n) is 7.02. The molecular formula is C16H16N4. The normalized spacial score (nSPS) is 14.4. The number of allylic oxidation sites excluding steroid dienone is 1. The van der Waals surface area contributed by atoms with Crippen molar-refractivity contribution in [3.05, 3.63) is 42.0 Å². The molecule has 4 nitrogen and oxygen atoms in total. The number of imidazole rings is 1. The van der Waals surface area contributed by atoms with E-state index >= 15 is 0 Å². The first-order chi connectivity index (χ1) is 9.86. The minimum atomic E-state index is 1.00. The van der Waals surface area contributed by atoms with Crippen molar-refractivity contribution < 1.29 is 0 Å². The summed E-state index contributed by atoms with van der Waals surface area (Å²) in [5.74, 6) is 0. The molecule has 4 rings (SSSR count). The van der Waals surface area contributed by atoms with E-state index in [4.69, 9.17) is 5.10 Å². The summed E-state index contributed by atoms with van der Waals surface area (Å²) in [5, 5.41) is 4.73. The average molecular weight is 264 g/mol. The minimum absolute atomic E-state index is 1.00. The lowest BCUT2D eigenvalue weighted by Gasteiger charge is -2.03. The van der Waals surface area contributed by atoms with Crippen LogP contribution in [0, 0.1) is 0 Å². The molecule has 1 N–H and O–H groups in total. The number of benzene rings is 1. The summed E-state index contributed by atoms with van der Waals surface area (Å²) in [6, 6.07) is 6.39. The third-order valence-corrected chi connectivity index (χ3v) is 3.90. The summed E-state index contributed by atoms with van der Waals surface area (Å²) in [5.41, 5.74) is 7.00. The molecule has 1 aliphatic rings. The summed E-state index contributed by atoms with van der Waals surface area (Å²) in [6.07, 6.45) is 8.19. The predicted molar refractivity (Wildman–Crippen MR) is 80.3 cm³/mol. The molecule has 0 spiro atoms. The van der Waals surface area contributed by atoms with Gasteiger partial charge in [-0.3, -0.25) is 4.68 Å². The van der Waals surface area contributed by atoms with Crippen LogP contribution in [0.2, 0.25) is 0 Å². The highest BCUT2D eigenvalue weighted by atomic mass is 15.3. The van der Waals surface area contributed by atoms with Crippen molar-refractivity contribution in [3.8, 4) is 11.1 Å². The van der Waals surface area contributed by atoms with Crippen LogP contribution >= 0.6 is 0 Å². The van der Waals surface area contributed by atoms with Crippen LogP contribution < -0.4 is 0 Å². The Hall–Kier alpha value is -2.36. The van der Waals surface area contributed by atoms with E-state index in [0.29, 0.717) is 0 Å². The van der Waals surface area contributed by atoms with Crippen molar-refractivity contribution in [3.63, 3.8) is 0 Å². The third kappa shape index (κ3) is 1.61. The second-order valence-corrected chi connectivity index (χ2v) is 5.17. The van der Waals surface area contributed by atoms with E-state index < -0.39 is 0 Å². The molecule has 0 aliphatic carbocycles. The van der Waals surface area contributed by atoms with Crippen LogP contribution in [0.1, 0.15) is 24.7 Å². The SMILES string of the molecule is C/C=C/c1nn2c(c1-c1ccc3nc[nH]c3c1)CCC2. The standard InChI is InChI=1S/C16H16N4/c1-2-4-13-16(15-5-3-8-20(15)19-13)11-6-7-12-14(9-11)18-10-17-12/h2,4,6-7,9-10H,3,5,8H2,1H3,(H,17,18)/b4-2+. The van der Waals surface area contributed by atoms with Crippen LogP contribution in [0.4, 0.5) is 0 Å². The highest BCUT2D eigenvalue weighted by Gasteiger charge is 2.21. The van der Waals surface area contributed by atoms with Gasteiger partial charge in [0.05, 0.1) is 23.1 Å². The third-order valence-electron chi connectivity index (χ3n) is 3.90. The number of nitrogens with one attached hydrogen (secondary N) is 1. The molecule has 2 aromatic heterocycles. The van der Waals surface area contributed by atoms with Gasteiger partial charge in [0.2, 0.25) is 0 Å². The summed E-state index contributed by atoms with van der Waals surface area (Å²) in [4.78, 5) is 7.47. The van der Waals surface area contributed by atoms with Crippen LogP contribution in [-0.4, -0.2) is 19.7 Å². The molecule has 1 aliphatic heterocycles. The Labute approximate surface area is 117 Å². The second kappa shape index (κ2) is 4.34. The number of aromatic amines is 1. The van der Waals surface area contributed by atoms with Gasteiger partial charge in [-0.25, -0.2) is 4.98 Å². The van der Waals surface area contributed by atoms with Crippen molar-refractivity contribution >= 4 is 17.1 Å². The van der Waals surface area contributed by atoms with E-state index in [9.17, 15) is 0 Å². The number of rotatable bonds is 2. The van der Waals surface area contributed by atoms with Gasteiger partial charge in [0.15, 0.2) is 0 Å². The molecule has 1 aromatic carbocycles. The Bertz CT molecular complexity index is 807. The van der Waals surface area contributed by atoms with E-state index in [0.717, 1.165) is 29.7 Å². The summed E-state index contributed by atoms with van der Waals surface area (Å²) < 4.78 is 2.15. The van der Waals surface area contributed by atoms with E-state index in [-0.39, 0.29) is 0 Å². The van der Waals surface area contributed by atoms with Gasteiger partial charge < -0.3 is 4.98 Å². The van der Waals surface area contributed by atoms with Crippen molar-refractivity contribution in [1.29, 1.82) is 0 Å². The van der Waals surface area contributed by atoms with Crippen molar-refractivity contribution in [2.75, 3.05) is 0 Å². The number of fused-ring (bicyclic) bond motifs is 2. The zero-order valence-electron chi connectivity index (χ0n) is 11.4. The molecule has 3 aromatic rings. The fraction of sp³-hybridized carbons (Fsp3) is 0.250. The first-order valence-corrected chi connectivity index (χ1v) is 7.02. The van der Waals surface area contributed by atoms with E-state index in [1.807, 2.05) is 6.92 Å². The topological polar surface area (TPSA) is 46.5 Å². The molecule has 0 saturated carbocycles. The van der Waals surface area contributed by atoms with Gasteiger partial charge in [-0.15, -0.1) is 0 Å². The quantitative estimate of drug-likeness (QED) is 0.771. The van der Waals surface area contributed by atoms with Gasteiger partial charge in [0.25, 0.3) is 0 Å². The molecule has 0 radical (unpaired) electrons. The summed E-state index contributed by atoms with van der Waals surface area (Å²) in [6.45, 7) is 3.07. The minimum Gasteiger partial charge on any atom is -0.345 e. The number of hydrogen-bond donors (Lipinski definition) is 1. The first kappa shape index (κ1) is 11.5. The summed E-state index contributed by atoms with van der Waals surface area (Å²) >= 11 is 0. The van der Waals surface area contributed by atoms with E-state index in [1.165, 1.54) is 23.2 Å². The van der Waals surface area contributed by atoms with Crippen LogP contribution in [0.5, 0.6) is 0 Å². The predicted octanol–water partition coefficient (Wildman–Crippen LogP) is 3.41. The Kier molecular flexibility index (Phi) is 2.49. The van der Waals surface area contributed by atoms with Crippen LogP contribution in [0.3, 0.4) is 0 Å². The fourth-order valence-electron chi connectivity index (χ4n) is 3.03. The van der Waals surface area contributed by atoms with Gasteiger partial charge in [0.1, 0.15) is 0 Å². The van der Waals surface area contributed by atoms with Crippen LogP contribution in [0.25, 0.3) is 28.2 Å². The van der Waals surface area contributed by atoms with Crippen molar-refractivity contribution in [1.82, 2.24) is 19.7 Å². The highest BCUT2D eigenvalue weighted by Crippen LogP contribution is 2.33. The molecule has 0 atom stereocenters. The molecule has 0 saturated heterocycles. The number of aromatic nitrogens is 4. The summed E-state index contributed by atoms with van der Waals surface area (Å²) in [7, 11) is 0. The van der Waals surface area contributed by atoms with Crippen molar-refractivity contribution in [2.24, 2.45) is 0 Å². The zero-order valence-corrected chi connectivity index (χ0v) is 11.4. The number of aryl methyl sites for hydroxylation is 1. The molecular weight excluding hydrogens is 248 g/mol. The molecule has 3 heterocycles. The molecule has 0 unspecified atom stereocenters. The molecule has 20 heavy (non-hydrogen) atoms. The highest BCUT2D eigenvalue weighted by molar-refractivity contribution is 5.84. The van der Waals surface area contributed by atoms with Gasteiger partial charge in [-0.05, 0) is 43.5 Å². The number of H-pyrrole nitrogens is 1. The van der Waals surface area contributed by atoms with E-state index in [1.54, 1.807) is 6.33 Å². The molecule has 0 amide bonds.